The Balaban J connectivity index is 2.64. The van der Waals surface area contributed by atoms with Crippen molar-refractivity contribution in [3.05, 3.63) is 0 Å². The molecule has 0 unspecified atom stereocenters. The Labute approximate surface area is 60.0 Å². The summed E-state index contributed by atoms with van der Waals surface area (Å²) in [6.07, 6.45) is 0.627. The van der Waals surface area contributed by atoms with E-state index < -0.39 is 0 Å². The molecule has 0 N–H and O–H groups in total. The maximum absolute atomic E-state index is 10.7. The van der Waals surface area contributed by atoms with Crippen molar-refractivity contribution >= 4 is 11.5 Å². The first-order chi connectivity index (χ1) is 4.51. The lowest BCUT2D eigenvalue weighted by molar-refractivity contribution is -0.111. The fourth-order valence-electron chi connectivity index (χ4n) is 0.835. The number of ketones is 1. The largest absolute Gasteiger partial charge is 0.389 e. The number of rotatable bonds is 1. The van der Waals surface area contributed by atoms with Gasteiger partial charge in [-0.3, -0.25) is 4.79 Å². The number of hydrogen-bond donors (Lipinski definition) is 0. The van der Waals surface area contributed by atoms with Crippen LogP contribution in [0.3, 0.4) is 0 Å². The van der Waals surface area contributed by atoms with Crippen molar-refractivity contribution in [1.29, 1.82) is 0 Å². The molecule has 0 amide bonds. The zero-order chi connectivity index (χ0) is 7.78. The molecular formula is C7H11NO2. The smallest absolute Gasteiger partial charge is 0.177 e. The third-order valence-corrected chi connectivity index (χ3v) is 1.40. The monoisotopic (exact) mass is 141 g/mol. The SMILES string of the molecule is CC(=O)C1=NOC(C)(C)C1. The zero-order valence-electron chi connectivity index (χ0n) is 6.47. The first-order valence-electron chi connectivity index (χ1n) is 3.27. The van der Waals surface area contributed by atoms with Crippen molar-refractivity contribution in [2.45, 2.75) is 32.8 Å². The van der Waals surface area contributed by atoms with E-state index >= 15 is 0 Å². The van der Waals surface area contributed by atoms with Crippen molar-refractivity contribution < 1.29 is 9.63 Å². The van der Waals surface area contributed by atoms with Crippen molar-refractivity contribution in [3.63, 3.8) is 0 Å². The van der Waals surface area contributed by atoms with E-state index in [1.807, 2.05) is 13.8 Å². The fourth-order valence-corrected chi connectivity index (χ4v) is 0.835. The second kappa shape index (κ2) is 2.08. The van der Waals surface area contributed by atoms with Gasteiger partial charge in [-0.25, -0.2) is 0 Å². The third-order valence-electron chi connectivity index (χ3n) is 1.40. The highest BCUT2D eigenvalue weighted by Crippen LogP contribution is 2.22. The number of carbonyl (C=O) groups is 1. The van der Waals surface area contributed by atoms with Gasteiger partial charge in [0.25, 0.3) is 0 Å². The maximum atomic E-state index is 10.7. The number of hydrogen-bond acceptors (Lipinski definition) is 3. The summed E-state index contributed by atoms with van der Waals surface area (Å²) in [6, 6.07) is 0. The molecule has 0 atom stereocenters. The number of oxime groups is 1. The Morgan fingerprint density at radius 1 is 1.70 bits per heavy atom. The number of Topliss-reactive ketones (excluding diaryl/α,β-unsaturated/α-hetero) is 1. The van der Waals surface area contributed by atoms with E-state index in [1.54, 1.807) is 0 Å². The number of nitrogens with zero attached hydrogens (tertiary/aromatic N) is 1. The Morgan fingerprint density at radius 3 is 2.50 bits per heavy atom. The van der Waals surface area contributed by atoms with Gasteiger partial charge in [-0.2, -0.15) is 0 Å². The second-order valence-corrected chi connectivity index (χ2v) is 3.12. The van der Waals surface area contributed by atoms with Gasteiger partial charge in [-0.05, 0) is 13.8 Å². The molecule has 0 aliphatic carbocycles. The van der Waals surface area contributed by atoms with Crippen LogP contribution in [-0.2, 0) is 9.63 Å². The molecule has 0 saturated heterocycles. The lowest BCUT2D eigenvalue weighted by Gasteiger charge is -2.12. The fraction of sp³-hybridized carbons (Fsp3) is 0.714. The lowest BCUT2D eigenvalue weighted by Crippen LogP contribution is -2.21. The molecule has 0 aromatic carbocycles. The Bertz CT molecular complexity index is 194. The van der Waals surface area contributed by atoms with Crippen LogP contribution in [0.4, 0.5) is 0 Å². The molecule has 56 valence electrons. The second-order valence-electron chi connectivity index (χ2n) is 3.12. The molecule has 0 saturated carbocycles. The van der Waals surface area contributed by atoms with E-state index in [2.05, 4.69) is 5.16 Å². The molecule has 0 aromatic rings. The van der Waals surface area contributed by atoms with Gasteiger partial charge in [-0.15, -0.1) is 0 Å². The van der Waals surface area contributed by atoms with Crippen molar-refractivity contribution in [2.75, 3.05) is 0 Å². The molecule has 0 spiro atoms. The van der Waals surface area contributed by atoms with Crippen LogP contribution < -0.4 is 0 Å². The van der Waals surface area contributed by atoms with Gasteiger partial charge in [-0.1, -0.05) is 5.16 Å². The first kappa shape index (κ1) is 7.25. The summed E-state index contributed by atoms with van der Waals surface area (Å²) in [5.41, 5.74) is 0.270. The van der Waals surface area contributed by atoms with Crippen LogP contribution in [0.5, 0.6) is 0 Å². The summed E-state index contributed by atoms with van der Waals surface area (Å²) < 4.78 is 0. The quantitative estimate of drug-likeness (QED) is 0.549. The third kappa shape index (κ3) is 1.35. The van der Waals surface area contributed by atoms with Crippen molar-refractivity contribution in [1.82, 2.24) is 0 Å². The summed E-state index contributed by atoms with van der Waals surface area (Å²) in [5.74, 6) is 0.00516. The Morgan fingerprint density at radius 2 is 2.30 bits per heavy atom. The van der Waals surface area contributed by atoms with Gasteiger partial charge in [0.15, 0.2) is 5.78 Å². The van der Waals surface area contributed by atoms with Gasteiger partial charge in [0, 0.05) is 13.3 Å². The van der Waals surface area contributed by atoms with Gasteiger partial charge in [0.05, 0.1) is 0 Å². The van der Waals surface area contributed by atoms with Crippen molar-refractivity contribution in [3.8, 4) is 0 Å². The molecule has 1 heterocycles. The highest BCUT2D eigenvalue weighted by atomic mass is 16.7. The molecule has 0 bridgehead atoms. The van der Waals surface area contributed by atoms with Crippen LogP contribution in [-0.4, -0.2) is 17.1 Å². The Kier molecular flexibility index (Phi) is 1.50. The predicted molar refractivity (Wildman–Crippen MR) is 37.9 cm³/mol. The first-order valence-corrected chi connectivity index (χ1v) is 3.27. The summed E-state index contributed by atoms with van der Waals surface area (Å²) in [7, 11) is 0. The minimum atomic E-state index is -0.277. The zero-order valence-corrected chi connectivity index (χ0v) is 6.47. The average Bonchev–Trinajstić information content (AvgIpc) is 2.10. The summed E-state index contributed by atoms with van der Waals surface area (Å²) in [4.78, 5) is 15.7. The van der Waals surface area contributed by atoms with E-state index in [-0.39, 0.29) is 11.4 Å². The predicted octanol–water partition coefficient (Wildman–Crippen LogP) is 1.13. The molecule has 1 aliphatic rings. The summed E-state index contributed by atoms with van der Waals surface area (Å²) >= 11 is 0. The summed E-state index contributed by atoms with van der Waals surface area (Å²) in [6.45, 7) is 5.32. The van der Waals surface area contributed by atoms with Crippen LogP contribution in [0.2, 0.25) is 0 Å². The molecule has 3 nitrogen and oxygen atoms in total. The van der Waals surface area contributed by atoms with Crippen LogP contribution >= 0.6 is 0 Å². The molecule has 10 heavy (non-hydrogen) atoms. The maximum Gasteiger partial charge on any atom is 0.177 e. The van der Waals surface area contributed by atoms with Gasteiger partial charge >= 0.3 is 0 Å². The van der Waals surface area contributed by atoms with Crippen molar-refractivity contribution in [2.24, 2.45) is 5.16 Å². The summed E-state index contributed by atoms with van der Waals surface area (Å²) in [5, 5.41) is 3.66. The van der Waals surface area contributed by atoms with Crippen LogP contribution in [0.1, 0.15) is 27.2 Å². The van der Waals surface area contributed by atoms with E-state index in [1.165, 1.54) is 6.92 Å². The Hall–Kier alpha value is -0.860. The minimum absolute atomic E-state index is 0.00516. The standard InChI is InChI=1S/C7H11NO2/c1-5(9)6-4-7(2,3)10-8-6/h4H2,1-3H3. The molecule has 1 rings (SSSR count). The normalized spacial score (nSPS) is 21.7. The van der Waals surface area contributed by atoms with E-state index in [0.717, 1.165) is 0 Å². The van der Waals surface area contributed by atoms with E-state index in [0.29, 0.717) is 12.1 Å². The number of carbonyl (C=O) groups excluding carboxylic acids is 1. The molecular weight excluding hydrogens is 130 g/mol. The molecule has 1 aliphatic heterocycles. The topological polar surface area (TPSA) is 38.7 Å². The average molecular weight is 141 g/mol. The molecule has 0 fully saturated rings. The highest BCUT2D eigenvalue weighted by molar-refractivity contribution is 6.39. The van der Waals surface area contributed by atoms with Gasteiger partial charge < -0.3 is 4.84 Å². The van der Waals surface area contributed by atoms with Crippen LogP contribution in [0, 0.1) is 0 Å². The van der Waals surface area contributed by atoms with Gasteiger partial charge in [0.2, 0.25) is 0 Å². The van der Waals surface area contributed by atoms with Crippen LogP contribution in [0.25, 0.3) is 0 Å². The van der Waals surface area contributed by atoms with Gasteiger partial charge in [0.1, 0.15) is 11.3 Å². The van der Waals surface area contributed by atoms with E-state index in [4.69, 9.17) is 4.84 Å². The minimum Gasteiger partial charge on any atom is -0.389 e. The van der Waals surface area contributed by atoms with Crippen LogP contribution in [0.15, 0.2) is 5.16 Å². The van der Waals surface area contributed by atoms with E-state index in [9.17, 15) is 4.79 Å². The molecule has 0 radical (unpaired) electrons. The highest BCUT2D eigenvalue weighted by Gasteiger charge is 2.30. The molecule has 0 aromatic heterocycles. The molecule has 3 heteroatoms. The lowest BCUT2D eigenvalue weighted by atomic mass is 10.0.